The van der Waals surface area contributed by atoms with Crippen LogP contribution in [0.3, 0.4) is 0 Å². The summed E-state index contributed by atoms with van der Waals surface area (Å²) in [6.07, 6.45) is 2.58. The highest BCUT2D eigenvalue weighted by atomic mass is 32.1. The highest BCUT2D eigenvalue weighted by Crippen LogP contribution is 2.26. The van der Waals surface area contributed by atoms with E-state index in [1.165, 1.54) is 24.4 Å². The molecule has 0 radical (unpaired) electrons. The molecule has 1 aliphatic rings. The number of hydrogen-bond donors (Lipinski definition) is 2. The Morgan fingerprint density at radius 2 is 2.35 bits per heavy atom. The number of rotatable bonds is 6. The van der Waals surface area contributed by atoms with Gasteiger partial charge in [-0.25, -0.2) is 4.79 Å². The van der Waals surface area contributed by atoms with Crippen molar-refractivity contribution in [2.75, 3.05) is 25.5 Å². The molecule has 0 aromatic carbocycles. The number of carboxylic acids is 1. The summed E-state index contributed by atoms with van der Waals surface area (Å²) >= 11 is 1.22. The van der Waals surface area contributed by atoms with Crippen molar-refractivity contribution in [3.63, 3.8) is 0 Å². The van der Waals surface area contributed by atoms with Crippen molar-refractivity contribution in [1.82, 2.24) is 9.27 Å². The number of likely N-dealkylation sites (N-methyl/N-ethyl adjacent to an activating group) is 1. The largest absolute Gasteiger partial charge is 0.478 e. The monoisotopic (exact) mass is 255 g/mol. The lowest BCUT2D eigenvalue weighted by atomic mass is 10.2. The molecule has 0 atom stereocenters. The van der Waals surface area contributed by atoms with Crippen LogP contribution in [0.1, 0.15) is 28.9 Å². The number of carboxylic acid groups (broad SMARTS) is 1. The van der Waals surface area contributed by atoms with Gasteiger partial charge >= 0.3 is 5.97 Å². The normalized spacial score (nSPS) is 15.2. The Kier molecular flexibility index (Phi) is 3.63. The number of nitrogens with one attached hydrogen (secondary N) is 1. The Morgan fingerprint density at radius 1 is 1.65 bits per heavy atom. The molecule has 94 valence electrons. The third kappa shape index (κ3) is 2.95. The number of carbonyl (C=O) groups is 1. The Morgan fingerprint density at radius 3 is 2.94 bits per heavy atom. The molecule has 1 aromatic rings. The van der Waals surface area contributed by atoms with Gasteiger partial charge in [0.25, 0.3) is 0 Å². The van der Waals surface area contributed by atoms with Crippen LogP contribution in [0.2, 0.25) is 0 Å². The van der Waals surface area contributed by atoms with E-state index in [0.29, 0.717) is 16.3 Å². The van der Waals surface area contributed by atoms with Crippen LogP contribution in [0.4, 0.5) is 5.00 Å². The predicted octanol–water partition coefficient (Wildman–Crippen LogP) is 1.66. The Balaban J connectivity index is 1.87. The highest BCUT2D eigenvalue weighted by molar-refractivity contribution is 7.10. The van der Waals surface area contributed by atoms with Gasteiger partial charge in [0.1, 0.15) is 10.6 Å². The zero-order chi connectivity index (χ0) is 12.4. The summed E-state index contributed by atoms with van der Waals surface area (Å²) in [4.78, 5) is 13.3. The van der Waals surface area contributed by atoms with Crippen LogP contribution < -0.4 is 5.32 Å². The number of aromatic nitrogens is 1. The van der Waals surface area contributed by atoms with Crippen molar-refractivity contribution >= 4 is 22.5 Å². The van der Waals surface area contributed by atoms with Gasteiger partial charge in [0.15, 0.2) is 0 Å². The molecule has 2 N–H and O–H groups in total. The summed E-state index contributed by atoms with van der Waals surface area (Å²) in [5.41, 5.74) is 0.893. The number of anilines is 1. The van der Waals surface area contributed by atoms with Crippen LogP contribution in [-0.4, -0.2) is 46.5 Å². The van der Waals surface area contributed by atoms with Crippen LogP contribution in [-0.2, 0) is 0 Å². The lowest BCUT2D eigenvalue weighted by Crippen LogP contribution is -2.27. The summed E-state index contributed by atoms with van der Waals surface area (Å²) < 4.78 is 4.07. The zero-order valence-corrected chi connectivity index (χ0v) is 10.9. The molecule has 0 saturated heterocycles. The lowest BCUT2D eigenvalue weighted by Gasteiger charge is -2.15. The third-order valence-electron chi connectivity index (χ3n) is 3.00. The van der Waals surface area contributed by atoms with E-state index >= 15 is 0 Å². The fraction of sp³-hybridized carbons (Fsp3) is 0.636. The molecule has 17 heavy (non-hydrogen) atoms. The quantitative estimate of drug-likeness (QED) is 0.809. The SMILES string of the molecule is Cc1nsc(NCCN(C)C2CC2)c1C(=O)O. The summed E-state index contributed by atoms with van der Waals surface area (Å²) in [5, 5.41) is 12.9. The van der Waals surface area contributed by atoms with Gasteiger partial charge in [-0.05, 0) is 38.3 Å². The molecule has 1 saturated carbocycles. The molecule has 0 aliphatic heterocycles. The van der Waals surface area contributed by atoms with E-state index in [-0.39, 0.29) is 0 Å². The first kappa shape index (κ1) is 12.3. The van der Waals surface area contributed by atoms with Gasteiger partial charge in [-0.1, -0.05) is 0 Å². The molecule has 1 aromatic heterocycles. The van der Waals surface area contributed by atoms with Crippen molar-refractivity contribution in [1.29, 1.82) is 0 Å². The molecule has 6 heteroatoms. The molecular weight excluding hydrogens is 238 g/mol. The molecule has 0 amide bonds. The molecule has 2 rings (SSSR count). The van der Waals surface area contributed by atoms with Crippen molar-refractivity contribution in [2.24, 2.45) is 0 Å². The zero-order valence-electron chi connectivity index (χ0n) is 10.1. The molecule has 0 unspecified atom stereocenters. The lowest BCUT2D eigenvalue weighted by molar-refractivity contribution is 0.0697. The van der Waals surface area contributed by atoms with Crippen molar-refractivity contribution in [3.8, 4) is 0 Å². The van der Waals surface area contributed by atoms with Crippen LogP contribution in [0.15, 0.2) is 0 Å². The molecule has 5 nitrogen and oxygen atoms in total. The second-order valence-electron chi connectivity index (χ2n) is 4.42. The van der Waals surface area contributed by atoms with E-state index in [0.717, 1.165) is 19.1 Å². The first-order chi connectivity index (χ1) is 8.09. The molecule has 0 spiro atoms. The second-order valence-corrected chi connectivity index (χ2v) is 5.19. The van der Waals surface area contributed by atoms with Crippen molar-refractivity contribution in [2.45, 2.75) is 25.8 Å². The maximum atomic E-state index is 11.0. The van der Waals surface area contributed by atoms with Crippen LogP contribution in [0, 0.1) is 6.92 Å². The predicted molar refractivity (Wildman–Crippen MR) is 68.0 cm³/mol. The van der Waals surface area contributed by atoms with E-state index in [1.807, 2.05) is 0 Å². The van der Waals surface area contributed by atoms with Crippen LogP contribution in [0.5, 0.6) is 0 Å². The molecule has 0 bridgehead atoms. The van der Waals surface area contributed by atoms with E-state index < -0.39 is 5.97 Å². The van der Waals surface area contributed by atoms with E-state index in [9.17, 15) is 4.79 Å². The van der Waals surface area contributed by atoms with Gasteiger partial charge in [0.2, 0.25) is 0 Å². The minimum Gasteiger partial charge on any atom is -0.478 e. The standard InChI is InChI=1S/C11H17N3O2S/c1-7-9(11(15)16)10(17-13-7)12-5-6-14(2)8-3-4-8/h8,12H,3-6H2,1-2H3,(H,15,16). The number of hydrogen-bond acceptors (Lipinski definition) is 5. The highest BCUT2D eigenvalue weighted by Gasteiger charge is 2.25. The van der Waals surface area contributed by atoms with Gasteiger partial charge in [-0.15, -0.1) is 0 Å². The van der Waals surface area contributed by atoms with E-state index in [1.54, 1.807) is 6.92 Å². The van der Waals surface area contributed by atoms with Gasteiger partial charge in [-0.2, -0.15) is 4.37 Å². The molecule has 1 aliphatic carbocycles. The summed E-state index contributed by atoms with van der Waals surface area (Å²) in [7, 11) is 2.11. The first-order valence-corrected chi connectivity index (χ1v) is 6.50. The number of nitrogens with zero attached hydrogens (tertiary/aromatic N) is 2. The smallest absolute Gasteiger partial charge is 0.340 e. The van der Waals surface area contributed by atoms with Gasteiger partial charge in [-0.3, -0.25) is 0 Å². The fourth-order valence-electron chi connectivity index (χ4n) is 1.79. The van der Waals surface area contributed by atoms with Crippen molar-refractivity contribution in [3.05, 3.63) is 11.3 Å². The topological polar surface area (TPSA) is 65.5 Å². The summed E-state index contributed by atoms with van der Waals surface area (Å²) in [6, 6.07) is 0.735. The van der Waals surface area contributed by atoms with Gasteiger partial charge in [0.05, 0.1) is 5.69 Å². The fourth-order valence-corrected chi connectivity index (χ4v) is 2.60. The van der Waals surface area contributed by atoms with E-state index in [2.05, 4.69) is 21.6 Å². The molecule has 1 fully saturated rings. The average Bonchev–Trinajstić information content (AvgIpc) is 3.03. The Hall–Kier alpha value is -1.14. The second kappa shape index (κ2) is 5.01. The van der Waals surface area contributed by atoms with E-state index in [4.69, 9.17) is 5.11 Å². The Bertz CT molecular complexity index is 415. The molecular formula is C11H17N3O2S. The summed E-state index contributed by atoms with van der Waals surface area (Å²) in [6.45, 7) is 3.41. The Labute approximate surface area is 105 Å². The maximum Gasteiger partial charge on any atom is 0.340 e. The number of aryl methyl sites for hydroxylation is 1. The minimum atomic E-state index is -0.908. The molecule has 1 heterocycles. The first-order valence-electron chi connectivity index (χ1n) is 5.73. The van der Waals surface area contributed by atoms with Gasteiger partial charge < -0.3 is 15.3 Å². The minimum absolute atomic E-state index is 0.309. The van der Waals surface area contributed by atoms with Crippen LogP contribution >= 0.6 is 11.5 Å². The maximum absolute atomic E-state index is 11.0. The summed E-state index contributed by atoms with van der Waals surface area (Å²) in [5.74, 6) is -0.908. The van der Waals surface area contributed by atoms with Crippen molar-refractivity contribution < 1.29 is 9.90 Å². The third-order valence-corrected chi connectivity index (χ3v) is 3.89. The van der Waals surface area contributed by atoms with Gasteiger partial charge in [0, 0.05) is 19.1 Å². The number of aromatic carboxylic acids is 1. The average molecular weight is 255 g/mol. The van der Waals surface area contributed by atoms with Crippen LogP contribution in [0.25, 0.3) is 0 Å².